The lowest BCUT2D eigenvalue weighted by Crippen LogP contribution is -2.07. The van der Waals surface area contributed by atoms with Gasteiger partial charge in [0, 0.05) is 18.6 Å². The summed E-state index contributed by atoms with van der Waals surface area (Å²) in [7, 11) is 3.16. The molecule has 0 atom stereocenters. The van der Waals surface area contributed by atoms with Crippen molar-refractivity contribution in [2.75, 3.05) is 19.5 Å². The number of benzene rings is 1. The van der Waals surface area contributed by atoms with Gasteiger partial charge < -0.3 is 10.1 Å². The third kappa shape index (κ3) is 2.01. The molecular formula is C14H16N2O2. The highest BCUT2D eigenvalue weighted by Crippen LogP contribution is 2.27. The molecule has 18 heavy (non-hydrogen) atoms. The lowest BCUT2D eigenvalue weighted by Gasteiger charge is -2.11. The van der Waals surface area contributed by atoms with E-state index in [0.717, 1.165) is 23.0 Å². The molecule has 0 radical (unpaired) electrons. The van der Waals surface area contributed by atoms with Crippen LogP contribution in [0, 0.1) is 0 Å². The Labute approximate surface area is 106 Å². The number of hydrogen-bond donors (Lipinski definition) is 1. The van der Waals surface area contributed by atoms with Crippen molar-refractivity contribution in [2.24, 2.45) is 0 Å². The first-order valence-electron chi connectivity index (χ1n) is 5.89. The Bertz CT molecular complexity index is 594. The number of nitrogens with zero attached hydrogens (tertiary/aromatic N) is 1. The number of hydrogen-bond acceptors (Lipinski definition) is 4. The summed E-state index contributed by atoms with van der Waals surface area (Å²) >= 11 is 0. The van der Waals surface area contributed by atoms with Crippen molar-refractivity contribution in [1.82, 2.24) is 4.98 Å². The van der Waals surface area contributed by atoms with Crippen LogP contribution in [0.15, 0.2) is 24.4 Å². The number of carbonyl (C=O) groups excluding carboxylic acids is 1. The molecule has 0 aliphatic heterocycles. The Morgan fingerprint density at radius 2 is 2.22 bits per heavy atom. The van der Waals surface area contributed by atoms with Gasteiger partial charge in [-0.05, 0) is 24.1 Å². The highest BCUT2D eigenvalue weighted by Gasteiger charge is 2.14. The molecule has 0 aliphatic carbocycles. The minimum Gasteiger partial charge on any atom is -0.465 e. The van der Waals surface area contributed by atoms with Gasteiger partial charge in [0.05, 0.1) is 18.3 Å². The van der Waals surface area contributed by atoms with Gasteiger partial charge in [-0.1, -0.05) is 13.0 Å². The molecule has 1 aromatic carbocycles. The average molecular weight is 244 g/mol. The van der Waals surface area contributed by atoms with Crippen molar-refractivity contribution in [3.63, 3.8) is 0 Å². The standard InChI is InChI=1S/C14H16N2O2/c1-4-9-5-6-12-10(7-9)13(15-2)11(8-16-12)14(17)18-3/h5-8H,4H2,1-3H3,(H,15,16). The molecule has 0 saturated carbocycles. The summed E-state index contributed by atoms with van der Waals surface area (Å²) in [5.41, 5.74) is 3.30. The number of rotatable bonds is 3. The SMILES string of the molecule is CCc1ccc2ncc(C(=O)OC)c(NC)c2c1. The van der Waals surface area contributed by atoms with Crippen LogP contribution in [0.2, 0.25) is 0 Å². The van der Waals surface area contributed by atoms with E-state index in [9.17, 15) is 4.79 Å². The third-order valence-corrected chi connectivity index (χ3v) is 3.00. The van der Waals surface area contributed by atoms with Crippen LogP contribution in [-0.4, -0.2) is 25.1 Å². The van der Waals surface area contributed by atoms with Crippen molar-refractivity contribution in [2.45, 2.75) is 13.3 Å². The topological polar surface area (TPSA) is 51.2 Å². The summed E-state index contributed by atoms with van der Waals surface area (Å²) in [6, 6.07) is 6.07. The van der Waals surface area contributed by atoms with Crippen molar-refractivity contribution in [3.8, 4) is 0 Å². The first kappa shape index (κ1) is 12.4. The minimum absolute atomic E-state index is 0.379. The van der Waals surface area contributed by atoms with E-state index in [1.54, 1.807) is 13.2 Å². The predicted octanol–water partition coefficient (Wildman–Crippen LogP) is 2.63. The Morgan fingerprint density at radius 1 is 1.44 bits per heavy atom. The van der Waals surface area contributed by atoms with E-state index < -0.39 is 0 Å². The van der Waals surface area contributed by atoms with Gasteiger partial charge >= 0.3 is 5.97 Å². The summed E-state index contributed by atoms with van der Waals surface area (Å²) in [5, 5.41) is 4.01. The number of methoxy groups -OCH3 is 1. The molecule has 4 nitrogen and oxygen atoms in total. The van der Waals surface area contributed by atoms with Crippen LogP contribution in [0.3, 0.4) is 0 Å². The van der Waals surface area contributed by atoms with Crippen molar-refractivity contribution in [3.05, 3.63) is 35.5 Å². The molecule has 1 N–H and O–H groups in total. The Hall–Kier alpha value is -2.10. The molecule has 2 rings (SSSR count). The van der Waals surface area contributed by atoms with Gasteiger partial charge in [0.25, 0.3) is 0 Å². The van der Waals surface area contributed by atoms with E-state index in [4.69, 9.17) is 4.74 Å². The second-order valence-corrected chi connectivity index (χ2v) is 3.99. The molecule has 94 valence electrons. The van der Waals surface area contributed by atoms with E-state index in [0.29, 0.717) is 5.56 Å². The van der Waals surface area contributed by atoms with Gasteiger partial charge in [0.15, 0.2) is 0 Å². The third-order valence-electron chi connectivity index (χ3n) is 3.00. The van der Waals surface area contributed by atoms with Crippen molar-refractivity contribution in [1.29, 1.82) is 0 Å². The van der Waals surface area contributed by atoms with Crippen LogP contribution in [0.4, 0.5) is 5.69 Å². The lowest BCUT2D eigenvalue weighted by atomic mass is 10.1. The molecular weight excluding hydrogens is 228 g/mol. The van der Waals surface area contributed by atoms with E-state index in [-0.39, 0.29) is 5.97 Å². The van der Waals surface area contributed by atoms with Gasteiger partial charge in [0.1, 0.15) is 5.56 Å². The second-order valence-electron chi connectivity index (χ2n) is 3.99. The zero-order valence-electron chi connectivity index (χ0n) is 10.8. The molecule has 0 saturated heterocycles. The molecule has 0 bridgehead atoms. The van der Waals surface area contributed by atoms with Crippen LogP contribution in [-0.2, 0) is 11.2 Å². The Morgan fingerprint density at radius 3 is 2.83 bits per heavy atom. The molecule has 4 heteroatoms. The van der Waals surface area contributed by atoms with Gasteiger partial charge in [-0.3, -0.25) is 4.98 Å². The molecule has 0 unspecified atom stereocenters. The lowest BCUT2D eigenvalue weighted by molar-refractivity contribution is 0.0601. The van der Waals surface area contributed by atoms with E-state index in [1.165, 1.54) is 12.7 Å². The number of carbonyl (C=O) groups is 1. The van der Waals surface area contributed by atoms with Gasteiger partial charge in [-0.2, -0.15) is 0 Å². The van der Waals surface area contributed by atoms with E-state index in [2.05, 4.69) is 23.3 Å². The van der Waals surface area contributed by atoms with Crippen molar-refractivity contribution < 1.29 is 9.53 Å². The average Bonchev–Trinajstić information content (AvgIpc) is 2.44. The summed E-state index contributed by atoms with van der Waals surface area (Å²) in [5.74, 6) is -0.379. The highest BCUT2D eigenvalue weighted by atomic mass is 16.5. The number of pyridine rings is 1. The molecule has 0 fully saturated rings. The Kier molecular flexibility index (Phi) is 3.46. The predicted molar refractivity (Wildman–Crippen MR) is 72.0 cm³/mol. The van der Waals surface area contributed by atoms with Gasteiger partial charge in [-0.15, -0.1) is 0 Å². The fourth-order valence-corrected chi connectivity index (χ4v) is 1.99. The second kappa shape index (κ2) is 5.04. The van der Waals surface area contributed by atoms with Crippen LogP contribution < -0.4 is 5.32 Å². The maximum absolute atomic E-state index is 11.7. The van der Waals surface area contributed by atoms with Gasteiger partial charge in [-0.25, -0.2) is 4.79 Å². The summed E-state index contributed by atoms with van der Waals surface area (Å²) in [6.45, 7) is 2.10. The first-order valence-corrected chi connectivity index (χ1v) is 5.89. The maximum Gasteiger partial charge on any atom is 0.341 e. The summed E-state index contributed by atoms with van der Waals surface area (Å²) in [6.07, 6.45) is 2.49. The molecule has 1 aromatic heterocycles. The van der Waals surface area contributed by atoms with Crippen LogP contribution in [0.1, 0.15) is 22.8 Å². The quantitative estimate of drug-likeness (QED) is 0.843. The van der Waals surface area contributed by atoms with Crippen LogP contribution in [0.5, 0.6) is 0 Å². The molecule has 1 heterocycles. The smallest absolute Gasteiger partial charge is 0.341 e. The largest absolute Gasteiger partial charge is 0.465 e. The number of aryl methyl sites for hydroxylation is 1. The number of fused-ring (bicyclic) bond motifs is 1. The highest BCUT2D eigenvalue weighted by molar-refractivity contribution is 6.04. The number of nitrogens with one attached hydrogen (secondary N) is 1. The van der Waals surface area contributed by atoms with E-state index >= 15 is 0 Å². The maximum atomic E-state index is 11.7. The van der Waals surface area contributed by atoms with E-state index in [1.807, 2.05) is 12.1 Å². The molecule has 0 aliphatic rings. The van der Waals surface area contributed by atoms with Crippen LogP contribution in [0.25, 0.3) is 10.9 Å². The minimum atomic E-state index is -0.379. The summed E-state index contributed by atoms with van der Waals surface area (Å²) in [4.78, 5) is 16.0. The van der Waals surface area contributed by atoms with Crippen molar-refractivity contribution >= 4 is 22.6 Å². The number of anilines is 1. The zero-order chi connectivity index (χ0) is 13.1. The Balaban J connectivity index is 2.72. The summed E-state index contributed by atoms with van der Waals surface area (Å²) < 4.78 is 4.77. The fraction of sp³-hybridized carbons (Fsp3) is 0.286. The fourth-order valence-electron chi connectivity index (χ4n) is 1.99. The van der Waals surface area contributed by atoms with Gasteiger partial charge in [0.2, 0.25) is 0 Å². The number of esters is 1. The zero-order valence-corrected chi connectivity index (χ0v) is 10.8. The first-order chi connectivity index (χ1) is 8.71. The molecule has 2 aromatic rings. The number of aromatic nitrogens is 1. The van der Waals surface area contributed by atoms with Crippen LogP contribution >= 0.6 is 0 Å². The molecule has 0 spiro atoms. The molecule has 0 amide bonds. The monoisotopic (exact) mass is 244 g/mol. The number of ether oxygens (including phenoxy) is 1. The normalized spacial score (nSPS) is 10.4.